The van der Waals surface area contributed by atoms with Crippen LogP contribution >= 0.6 is 0 Å². The molecule has 0 aliphatic heterocycles. The van der Waals surface area contributed by atoms with Gasteiger partial charge < -0.3 is 14.9 Å². The van der Waals surface area contributed by atoms with Gasteiger partial charge in [-0.2, -0.15) is 0 Å². The van der Waals surface area contributed by atoms with Crippen molar-refractivity contribution in [3.8, 4) is 0 Å². The molecule has 1 rings (SSSR count). The van der Waals surface area contributed by atoms with Crippen LogP contribution in [0.3, 0.4) is 0 Å². The van der Waals surface area contributed by atoms with E-state index in [1.165, 1.54) is 56.9 Å². The Bertz CT molecular complexity index is 489. The lowest BCUT2D eigenvalue weighted by Gasteiger charge is -2.18. The van der Waals surface area contributed by atoms with Crippen LogP contribution < -0.4 is 0 Å². The standard InChI is InChI=1S/C25H42O4/c26-21-14-9-7-5-3-1-2-4-6-8-13-18-24(19-15-20-25(27)28)29-22-23-16-11-10-12-17-23/h10-12,16-17,24,26H,1-9,13-15,18-22H2,(H,27,28). The zero-order chi connectivity index (χ0) is 21.0. The molecule has 0 fully saturated rings. The molecule has 1 atom stereocenters. The van der Waals surface area contributed by atoms with Crippen molar-refractivity contribution >= 4 is 5.97 Å². The number of aliphatic carboxylic acids is 1. The number of carboxylic acids is 1. The zero-order valence-electron chi connectivity index (χ0n) is 18.2. The van der Waals surface area contributed by atoms with Crippen LogP contribution in [0.4, 0.5) is 0 Å². The van der Waals surface area contributed by atoms with Gasteiger partial charge in [0.2, 0.25) is 0 Å². The summed E-state index contributed by atoms with van der Waals surface area (Å²) >= 11 is 0. The van der Waals surface area contributed by atoms with Gasteiger partial charge in [0.25, 0.3) is 0 Å². The summed E-state index contributed by atoms with van der Waals surface area (Å²) in [6, 6.07) is 10.2. The molecule has 0 aliphatic carbocycles. The van der Waals surface area contributed by atoms with E-state index in [4.69, 9.17) is 14.9 Å². The third kappa shape index (κ3) is 16.1. The molecule has 4 nitrogen and oxygen atoms in total. The Labute approximate surface area is 177 Å². The zero-order valence-corrected chi connectivity index (χ0v) is 18.2. The average molecular weight is 407 g/mol. The van der Waals surface area contributed by atoms with Crippen LogP contribution in [-0.2, 0) is 16.1 Å². The van der Waals surface area contributed by atoms with Gasteiger partial charge in [0.1, 0.15) is 0 Å². The number of carbonyl (C=O) groups is 1. The summed E-state index contributed by atoms with van der Waals surface area (Å²) in [5.41, 5.74) is 1.17. The normalized spacial score (nSPS) is 12.2. The van der Waals surface area contributed by atoms with Crippen LogP contribution in [0.15, 0.2) is 30.3 Å². The van der Waals surface area contributed by atoms with E-state index in [1.807, 2.05) is 18.2 Å². The highest BCUT2D eigenvalue weighted by Crippen LogP contribution is 2.17. The minimum Gasteiger partial charge on any atom is -0.481 e. The Morgan fingerprint density at radius 1 is 0.759 bits per heavy atom. The van der Waals surface area contributed by atoms with Gasteiger partial charge in [-0.05, 0) is 31.2 Å². The van der Waals surface area contributed by atoms with E-state index in [1.54, 1.807) is 0 Å². The SMILES string of the molecule is O=C(O)CCCC(CCCCCCCCCCCCCO)OCc1ccccc1. The first kappa shape index (κ1) is 25.6. The second kappa shape index (κ2) is 18.6. The lowest BCUT2D eigenvalue weighted by Crippen LogP contribution is -2.14. The van der Waals surface area contributed by atoms with Crippen molar-refractivity contribution in [1.29, 1.82) is 0 Å². The first-order chi connectivity index (χ1) is 14.2. The number of hydrogen-bond donors (Lipinski definition) is 2. The molecule has 4 heteroatoms. The van der Waals surface area contributed by atoms with Gasteiger partial charge in [0.15, 0.2) is 0 Å². The van der Waals surface area contributed by atoms with Gasteiger partial charge in [0, 0.05) is 13.0 Å². The maximum absolute atomic E-state index is 10.8. The van der Waals surface area contributed by atoms with Gasteiger partial charge in [0.05, 0.1) is 12.7 Å². The van der Waals surface area contributed by atoms with Crippen LogP contribution in [-0.4, -0.2) is 28.9 Å². The van der Waals surface area contributed by atoms with Crippen LogP contribution in [0.1, 0.15) is 102 Å². The van der Waals surface area contributed by atoms with E-state index in [9.17, 15) is 4.79 Å². The van der Waals surface area contributed by atoms with Gasteiger partial charge >= 0.3 is 5.97 Å². The number of aliphatic hydroxyl groups excluding tert-OH is 1. The highest BCUT2D eigenvalue weighted by molar-refractivity contribution is 5.66. The topological polar surface area (TPSA) is 66.8 Å². The molecule has 0 radical (unpaired) electrons. The fourth-order valence-electron chi connectivity index (χ4n) is 3.66. The smallest absolute Gasteiger partial charge is 0.303 e. The predicted octanol–water partition coefficient (Wildman–Crippen LogP) is 6.50. The molecule has 166 valence electrons. The van der Waals surface area contributed by atoms with Gasteiger partial charge in [-0.25, -0.2) is 0 Å². The quantitative estimate of drug-likeness (QED) is 0.243. The maximum atomic E-state index is 10.8. The lowest BCUT2D eigenvalue weighted by molar-refractivity contribution is -0.137. The number of rotatable bonds is 20. The highest BCUT2D eigenvalue weighted by Gasteiger charge is 2.10. The Morgan fingerprint density at radius 2 is 1.28 bits per heavy atom. The second-order valence-electron chi connectivity index (χ2n) is 8.11. The monoisotopic (exact) mass is 406 g/mol. The maximum Gasteiger partial charge on any atom is 0.303 e. The molecule has 1 aromatic carbocycles. The minimum absolute atomic E-state index is 0.161. The third-order valence-corrected chi connectivity index (χ3v) is 5.43. The Hall–Kier alpha value is -1.39. The van der Waals surface area contributed by atoms with E-state index in [0.717, 1.165) is 32.1 Å². The number of aliphatic hydroxyl groups is 1. The number of unbranched alkanes of at least 4 members (excludes halogenated alkanes) is 10. The predicted molar refractivity (Wildman–Crippen MR) is 119 cm³/mol. The van der Waals surface area contributed by atoms with Gasteiger partial charge in [-0.3, -0.25) is 4.79 Å². The molecule has 0 saturated heterocycles. The first-order valence-corrected chi connectivity index (χ1v) is 11.7. The summed E-state index contributed by atoms with van der Waals surface area (Å²) < 4.78 is 6.10. The minimum atomic E-state index is -0.722. The van der Waals surface area contributed by atoms with E-state index in [-0.39, 0.29) is 12.5 Å². The van der Waals surface area contributed by atoms with Crippen molar-refractivity contribution in [1.82, 2.24) is 0 Å². The Balaban J connectivity index is 2.08. The number of ether oxygens (including phenoxy) is 1. The number of hydrogen-bond acceptors (Lipinski definition) is 3. The van der Waals surface area contributed by atoms with Crippen molar-refractivity contribution in [3.63, 3.8) is 0 Å². The summed E-state index contributed by atoms with van der Waals surface area (Å²) in [5.74, 6) is -0.722. The summed E-state index contributed by atoms with van der Waals surface area (Å²) in [6.45, 7) is 0.939. The molecule has 0 aliphatic rings. The van der Waals surface area contributed by atoms with Crippen LogP contribution in [0, 0.1) is 0 Å². The van der Waals surface area contributed by atoms with E-state index in [2.05, 4.69) is 12.1 Å². The van der Waals surface area contributed by atoms with Crippen LogP contribution in [0.2, 0.25) is 0 Å². The summed E-state index contributed by atoms with van der Waals surface area (Å²) in [6.07, 6.45) is 16.6. The molecule has 0 bridgehead atoms. The fourth-order valence-corrected chi connectivity index (χ4v) is 3.66. The molecule has 0 spiro atoms. The molecular formula is C25H42O4. The summed E-state index contributed by atoms with van der Waals surface area (Å²) in [4.78, 5) is 10.8. The van der Waals surface area contributed by atoms with E-state index >= 15 is 0 Å². The van der Waals surface area contributed by atoms with Crippen molar-refractivity contribution in [2.75, 3.05) is 6.61 Å². The van der Waals surface area contributed by atoms with Gasteiger partial charge in [-0.15, -0.1) is 0 Å². The highest BCUT2D eigenvalue weighted by atomic mass is 16.5. The van der Waals surface area contributed by atoms with Crippen molar-refractivity contribution in [2.24, 2.45) is 0 Å². The third-order valence-electron chi connectivity index (χ3n) is 5.43. The Morgan fingerprint density at radius 3 is 1.83 bits per heavy atom. The van der Waals surface area contributed by atoms with Crippen LogP contribution in [0.25, 0.3) is 0 Å². The number of benzene rings is 1. The lowest BCUT2D eigenvalue weighted by atomic mass is 10.0. The van der Waals surface area contributed by atoms with E-state index in [0.29, 0.717) is 19.6 Å². The van der Waals surface area contributed by atoms with Gasteiger partial charge in [-0.1, -0.05) is 94.5 Å². The summed E-state index contributed by atoms with van der Waals surface area (Å²) in [5, 5.41) is 17.6. The molecule has 0 saturated carbocycles. The molecule has 0 aromatic heterocycles. The fraction of sp³-hybridized carbons (Fsp3) is 0.720. The molecule has 0 amide bonds. The molecule has 1 unspecified atom stereocenters. The molecule has 29 heavy (non-hydrogen) atoms. The largest absolute Gasteiger partial charge is 0.481 e. The molecule has 2 N–H and O–H groups in total. The molecule has 0 heterocycles. The average Bonchev–Trinajstić information content (AvgIpc) is 2.72. The summed E-state index contributed by atoms with van der Waals surface area (Å²) in [7, 11) is 0. The van der Waals surface area contributed by atoms with E-state index < -0.39 is 5.97 Å². The Kier molecular flexibility index (Phi) is 16.5. The van der Waals surface area contributed by atoms with Crippen molar-refractivity contribution < 1.29 is 19.7 Å². The molecule has 1 aromatic rings. The van der Waals surface area contributed by atoms with Crippen LogP contribution in [0.5, 0.6) is 0 Å². The first-order valence-electron chi connectivity index (χ1n) is 11.7. The van der Waals surface area contributed by atoms with Crippen molar-refractivity contribution in [2.45, 2.75) is 109 Å². The van der Waals surface area contributed by atoms with Crippen molar-refractivity contribution in [3.05, 3.63) is 35.9 Å². The number of carboxylic acid groups (broad SMARTS) is 1. The second-order valence-corrected chi connectivity index (χ2v) is 8.11. The molecular weight excluding hydrogens is 364 g/mol.